The molecule has 1 atom stereocenters. The van der Waals surface area contributed by atoms with Gasteiger partial charge in [0.1, 0.15) is 0 Å². The van der Waals surface area contributed by atoms with Gasteiger partial charge in [-0.3, -0.25) is 14.4 Å². The Hall–Kier alpha value is -1.16. The molecule has 1 aromatic heterocycles. The van der Waals surface area contributed by atoms with Crippen LogP contribution in [0.4, 0.5) is 0 Å². The van der Waals surface area contributed by atoms with E-state index in [-0.39, 0.29) is 5.78 Å². The van der Waals surface area contributed by atoms with Crippen molar-refractivity contribution >= 4 is 5.78 Å². The van der Waals surface area contributed by atoms with Crippen LogP contribution in [-0.2, 0) is 11.2 Å². The highest BCUT2D eigenvalue weighted by Gasteiger charge is 2.33. The second-order valence-electron chi connectivity index (χ2n) is 6.35. The minimum Gasteiger partial charge on any atom is -0.297 e. The summed E-state index contributed by atoms with van der Waals surface area (Å²) in [6.07, 6.45) is 8.33. The molecule has 0 radical (unpaired) electrons. The fraction of sp³-hybridized carbons (Fsp3) is 0.750. The Morgan fingerprint density at radius 3 is 2.65 bits per heavy atom. The van der Waals surface area contributed by atoms with Crippen LogP contribution in [0, 0.1) is 0 Å². The number of aromatic nitrogens is 2. The minimum absolute atomic E-state index is 0.252. The Bertz CT molecular complexity index is 460. The van der Waals surface area contributed by atoms with Gasteiger partial charge in [-0.1, -0.05) is 19.8 Å². The summed E-state index contributed by atoms with van der Waals surface area (Å²) in [7, 11) is 3.94. The van der Waals surface area contributed by atoms with Gasteiger partial charge >= 0.3 is 0 Å². The summed E-state index contributed by atoms with van der Waals surface area (Å²) >= 11 is 0. The zero-order valence-corrected chi connectivity index (χ0v) is 13.2. The number of hydrogen-bond acceptors (Lipinski definition) is 3. The lowest BCUT2D eigenvalue weighted by Gasteiger charge is -2.33. The molecule has 0 saturated heterocycles. The maximum atomic E-state index is 12.5. The quantitative estimate of drug-likeness (QED) is 0.802. The van der Waals surface area contributed by atoms with E-state index in [1.165, 1.54) is 25.7 Å². The van der Waals surface area contributed by atoms with Crippen molar-refractivity contribution < 1.29 is 4.79 Å². The van der Waals surface area contributed by atoms with Crippen molar-refractivity contribution in [3.63, 3.8) is 0 Å². The molecule has 0 bridgehead atoms. The third-order valence-electron chi connectivity index (χ3n) is 4.98. The van der Waals surface area contributed by atoms with E-state index < -0.39 is 5.54 Å². The van der Waals surface area contributed by atoms with Crippen LogP contribution in [-0.4, -0.2) is 40.1 Å². The number of rotatable bonds is 6. The number of nitrogens with zero attached hydrogens (tertiary/aromatic N) is 3. The van der Waals surface area contributed by atoms with E-state index in [2.05, 4.69) is 16.7 Å². The molecular weight excluding hydrogens is 250 g/mol. The van der Waals surface area contributed by atoms with Crippen molar-refractivity contribution in [3.05, 3.63) is 18.0 Å². The van der Waals surface area contributed by atoms with Crippen LogP contribution in [0.5, 0.6) is 0 Å². The second-order valence-corrected chi connectivity index (χ2v) is 6.35. The first-order chi connectivity index (χ1) is 9.47. The smallest absolute Gasteiger partial charge is 0.158 e. The fourth-order valence-corrected chi connectivity index (χ4v) is 2.96. The van der Waals surface area contributed by atoms with Crippen LogP contribution in [0.1, 0.15) is 57.7 Å². The Labute approximate surface area is 122 Å². The molecular formula is C16H27N3O. The highest BCUT2D eigenvalue weighted by atomic mass is 16.1. The van der Waals surface area contributed by atoms with Crippen LogP contribution in [0.3, 0.4) is 0 Å². The van der Waals surface area contributed by atoms with Crippen LogP contribution in [0.2, 0.25) is 0 Å². The van der Waals surface area contributed by atoms with Crippen molar-refractivity contribution in [2.75, 3.05) is 14.1 Å². The predicted octanol–water partition coefficient (Wildman–Crippen LogP) is 2.84. The summed E-state index contributed by atoms with van der Waals surface area (Å²) < 4.78 is 2.06. The lowest BCUT2D eigenvalue weighted by atomic mass is 9.89. The van der Waals surface area contributed by atoms with Gasteiger partial charge in [0.15, 0.2) is 5.78 Å². The first-order valence-electron chi connectivity index (χ1n) is 7.72. The second kappa shape index (κ2) is 6.08. The van der Waals surface area contributed by atoms with Crippen LogP contribution in [0.15, 0.2) is 12.3 Å². The van der Waals surface area contributed by atoms with Crippen molar-refractivity contribution in [1.82, 2.24) is 14.7 Å². The first kappa shape index (κ1) is 15.2. The van der Waals surface area contributed by atoms with E-state index in [0.29, 0.717) is 12.5 Å². The number of ketones is 1. The largest absolute Gasteiger partial charge is 0.297 e. The molecule has 0 amide bonds. The third-order valence-corrected chi connectivity index (χ3v) is 4.98. The van der Waals surface area contributed by atoms with E-state index >= 15 is 0 Å². The van der Waals surface area contributed by atoms with Gasteiger partial charge < -0.3 is 0 Å². The highest BCUT2D eigenvalue weighted by molar-refractivity contribution is 5.89. The molecule has 2 rings (SSSR count). The standard InChI is InChI=1S/C16H27N3O/c1-5-16(2,18(3)4)15(20)12-13-10-11-19(17-13)14-8-6-7-9-14/h10-11,14H,5-9,12H2,1-4H3. The van der Waals surface area contributed by atoms with Crippen molar-refractivity contribution in [3.8, 4) is 0 Å². The molecule has 112 valence electrons. The number of carbonyl (C=O) groups excluding carboxylic acids is 1. The average Bonchev–Trinajstić information content (AvgIpc) is 3.07. The van der Waals surface area contributed by atoms with E-state index in [0.717, 1.165) is 12.1 Å². The van der Waals surface area contributed by atoms with E-state index in [9.17, 15) is 4.79 Å². The Balaban J connectivity index is 2.04. The molecule has 1 aromatic rings. The van der Waals surface area contributed by atoms with Gasteiger partial charge in [0.05, 0.1) is 23.7 Å². The van der Waals surface area contributed by atoms with Crippen molar-refractivity contribution in [2.24, 2.45) is 0 Å². The SMILES string of the molecule is CCC(C)(C(=O)Cc1ccn(C2CCCC2)n1)N(C)C. The van der Waals surface area contributed by atoms with Gasteiger partial charge in [-0.2, -0.15) is 5.10 Å². The molecule has 0 spiro atoms. The van der Waals surface area contributed by atoms with Gasteiger partial charge in [-0.05, 0) is 46.3 Å². The fourth-order valence-electron chi connectivity index (χ4n) is 2.96. The summed E-state index contributed by atoms with van der Waals surface area (Å²) in [5, 5.41) is 4.62. The van der Waals surface area contributed by atoms with E-state index in [1.807, 2.05) is 38.2 Å². The number of likely N-dealkylation sites (N-methyl/N-ethyl adjacent to an activating group) is 1. The predicted molar refractivity (Wildman–Crippen MR) is 80.8 cm³/mol. The maximum Gasteiger partial charge on any atom is 0.158 e. The van der Waals surface area contributed by atoms with Crippen molar-refractivity contribution in [1.29, 1.82) is 0 Å². The van der Waals surface area contributed by atoms with Crippen molar-refractivity contribution in [2.45, 2.75) is 64.0 Å². The molecule has 1 heterocycles. The molecule has 1 aliphatic carbocycles. The summed E-state index contributed by atoms with van der Waals surface area (Å²) in [5.41, 5.74) is 0.514. The Morgan fingerprint density at radius 1 is 1.45 bits per heavy atom. The van der Waals surface area contributed by atoms with Gasteiger partial charge in [-0.15, -0.1) is 0 Å². The molecule has 1 aliphatic rings. The lowest BCUT2D eigenvalue weighted by Crippen LogP contribution is -2.48. The number of hydrogen-bond donors (Lipinski definition) is 0. The monoisotopic (exact) mass is 277 g/mol. The van der Waals surface area contributed by atoms with Crippen LogP contribution in [0.25, 0.3) is 0 Å². The third kappa shape index (κ3) is 2.95. The molecule has 4 nitrogen and oxygen atoms in total. The van der Waals surface area contributed by atoms with Crippen LogP contribution >= 0.6 is 0 Å². The number of carbonyl (C=O) groups is 1. The Kier molecular flexibility index (Phi) is 4.63. The topological polar surface area (TPSA) is 38.1 Å². The van der Waals surface area contributed by atoms with E-state index in [4.69, 9.17) is 0 Å². The zero-order chi connectivity index (χ0) is 14.8. The zero-order valence-electron chi connectivity index (χ0n) is 13.2. The summed E-state index contributed by atoms with van der Waals surface area (Å²) in [6, 6.07) is 2.55. The first-order valence-corrected chi connectivity index (χ1v) is 7.72. The average molecular weight is 277 g/mol. The van der Waals surface area contributed by atoms with Gasteiger partial charge in [-0.25, -0.2) is 0 Å². The van der Waals surface area contributed by atoms with Gasteiger partial charge in [0, 0.05) is 6.20 Å². The molecule has 20 heavy (non-hydrogen) atoms. The molecule has 0 aromatic carbocycles. The lowest BCUT2D eigenvalue weighted by molar-refractivity contribution is -0.128. The normalized spacial score (nSPS) is 19.4. The number of Topliss-reactive ketones (excluding diaryl/α,β-unsaturated/α-hetero) is 1. The Morgan fingerprint density at radius 2 is 2.10 bits per heavy atom. The summed E-state index contributed by atoms with van der Waals surface area (Å²) in [6.45, 7) is 4.08. The summed E-state index contributed by atoms with van der Waals surface area (Å²) in [4.78, 5) is 14.6. The van der Waals surface area contributed by atoms with Gasteiger partial charge in [0.2, 0.25) is 0 Å². The molecule has 1 unspecified atom stereocenters. The van der Waals surface area contributed by atoms with Crippen LogP contribution < -0.4 is 0 Å². The highest BCUT2D eigenvalue weighted by Crippen LogP contribution is 2.29. The minimum atomic E-state index is -0.392. The molecule has 0 aliphatic heterocycles. The molecule has 4 heteroatoms. The maximum absolute atomic E-state index is 12.5. The summed E-state index contributed by atoms with van der Waals surface area (Å²) in [5.74, 6) is 0.252. The van der Waals surface area contributed by atoms with Gasteiger partial charge in [0.25, 0.3) is 0 Å². The molecule has 1 fully saturated rings. The van der Waals surface area contributed by atoms with E-state index in [1.54, 1.807) is 0 Å². The molecule has 0 N–H and O–H groups in total. The molecule has 1 saturated carbocycles.